The third-order valence-corrected chi connectivity index (χ3v) is 4.92. The van der Waals surface area contributed by atoms with E-state index in [2.05, 4.69) is 15.6 Å². The number of fused-ring (bicyclic) bond motifs is 1. The molecule has 4 rings (SSSR count). The second-order valence-corrected chi connectivity index (χ2v) is 6.89. The maximum absolute atomic E-state index is 12.8. The zero-order valence-electron chi connectivity index (χ0n) is 16.0. The average molecular weight is 385 g/mol. The molecule has 0 aliphatic heterocycles. The lowest BCUT2D eigenvalue weighted by molar-refractivity contribution is 0.0955. The van der Waals surface area contributed by atoms with Crippen LogP contribution in [0.1, 0.15) is 21.5 Å². The Kier molecular flexibility index (Phi) is 5.59. The lowest BCUT2D eigenvalue weighted by atomic mass is 10.1. The number of para-hydroxylation sites is 2. The highest BCUT2D eigenvalue weighted by Crippen LogP contribution is 2.22. The van der Waals surface area contributed by atoms with E-state index in [4.69, 9.17) is 0 Å². The van der Waals surface area contributed by atoms with Crippen molar-refractivity contribution in [3.05, 3.63) is 95.7 Å². The first-order chi connectivity index (χ1) is 14.2. The Morgan fingerprint density at radius 3 is 2.59 bits per heavy atom. The SMILES string of the molecule is O=C(NCCc1c[nH]c2ccc(CO)cc12)c1ccccc1Nc1ccccc1. The number of benzene rings is 3. The van der Waals surface area contributed by atoms with Crippen LogP contribution in [0.5, 0.6) is 0 Å². The molecule has 0 aliphatic carbocycles. The molecule has 0 aliphatic rings. The van der Waals surface area contributed by atoms with Gasteiger partial charge in [-0.15, -0.1) is 0 Å². The summed E-state index contributed by atoms with van der Waals surface area (Å²) in [6.45, 7) is 0.539. The van der Waals surface area contributed by atoms with Gasteiger partial charge < -0.3 is 20.7 Å². The summed E-state index contributed by atoms with van der Waals surface area (Å²) in [7, 11) is 0. The summed E-state index contributed by atoms with van der Waals surface area (Å²) in [5.74, 6) is -0.111. The van der Waals surface area contributed by atoms with Gasteiger partial charge in [-0.3, -0.25) is 4.79 Å². The zero-order valence-corrected chi connectivity index (χ0v) is 16.0. The van der Waals surface area contributed by atoms with Crippen LogP contribution >= 0.6 is 0 Å². The van der Waals surface area contributed by atoms with E-state index in [1.807, 2.05) is 79.0 Å². The van der Waals surface area contributed by atoms with E-state index in [9.17, 15) is 9.90 Å². The molecule has 1 amide bonds. The smallest absolute Gasteiger partial charge is 0.253 e. The number of carbonyl (C=O) groups is 1. The Hall–Kier alpha value is -3.57. The number of rotatable bonds is 7. The fourth-order valence-corrected chi connectivity index (χ4v) is 3.40. The van der Waals surface area contributed by atoms with Crippen molar-refractivity contribution in [1.82, 2.24) is 10.3 Å². The highest BCUT2D eigenvalue weighted by atomic mass is 16.3. The van der Waals surface area contributed by atoms with Crippen molar-refractivity contribution in [3.8, 4) is 0 Å². The van der Waals surface area contributed by atoms with Crippen molar-refractivity contribution in [2.24, 2.45) is 0 Å². The van der Waals surface area contributed by atoms with Crippen LogP contribution < -0.4 is 10.6 Å². The second kappa shape index (κ2) is 8.63. The highest BCUT2D eigenvalue weighted by Gasteiger charge is 2.11. The van der Waals surface area contributed by atoms with Crippen LogP contribution in [0.15, 0.2) is 79.0 Å². The van der Waals surface area contributed by atoms with Gasteiger partial charge in [0.25, 0.3) is 5.91 Å². The number of aromatic amines is 1. The summed E-state index contributed by atoms with van der Waals surface area (Å²) in [6.07, 6.45) is 2.66. The van der Waals surface area contributed by atoms with Gasteiger partial charge in [-0.1, -0.05) is 36.4 Å². The van der Waals surface area contributed by atoms with Crippen molar-refractivity contribution < 1.29 is 9.90 Å². The molecular weight excluding hydrogens is 362 g/mol. The predicted molar refractivity (Wildman–Crippen MR) is 116 cm³/mol. The minimum Gasteiger partial charge on any atom is -0.392 e. The molecule has 0 unspecified atom stereocenters. The third kappa shape index (κ3) is 4.31. The van der Waals surface area contributed by atoms with Crippen molar-refractivity contribution >= 4 is 28.2 Å². The Labute approximate surface area is 169 Å². The quantitative estimate of drug-likeness (QED) is 0.381. The van der Waals surface area contributed by atoms with Gasteiger partial charge in [-0.05, 0) is 53.9 Å². The fourth-order valence-electron chi connectivity index (χ4n) is 3.40. The average Bonchev–Trinajstić information content (AvgIpc) is 3.17. The van der Waals surface area contributed by atoms with Gasteiger partial charge in [-0.25, -0.2) is 0 Å². The number of H-pyrrole nitrogens is 1. The first-order valence-corrected chi connectivity index (χ1v) is 9.63. The molecule has 3 aromatic carbocycles. The summed E-state index contributed by atoms with van der Waals surface area (Å²) in [4.78, 5) is 16.0. The van der Waals surface area contributed by atoms with Crippen LogP contribution in [0.25, 0.3) is 10.9 Å². The summed E-state index contributed by atoms with van der Waals surface area (Å²) in [6, 6.07) is 23.1. The maximum atomic E-state index is 12.8. The molecule has 0 spiro atoms. The monoisotopic (exact) mass is 385 g/mol. The summed E-state index contributed by atoms with van der Waals surface area (Å²) < 4.78 is 0. The van der Waals surface area contributed by atoms with Crippen LogP contribution in [0.4, 0.5) is 11.4 Å². The van der Waals surface area contributed by atoms with Crippen molar-refractivity contribution in [1.29, 1.82) is 0 Å². The number of aromatic nitrogens is 1. The Morgan fingerprint density at radius 1 is 0.966 bits per heavy atom. The lowest BCUT2D eigenvalue weighted by Gasteiger charge is -2.12. The number of anilines is 2. The second-order valence-electron chi connectivity index (χ2n) is 6.89. The van der Waals surface area contributed by atoms with Crippen LogP contribution in [0, 0.1) is 0 Å². The molecule has 0 radical (unpaired) electrons. The van der Waals surface area contributed by atoms with E-state index in [0.717, 1.165) is 33.4 Å². The number of aliphatic hydroxyl groups is 1. The number of nitrogens with one attached hydrogen (secondary N) is 3. The van der Waals surface area contributed by atoms with E-state index in [1.54, 1.807) is 0 Å². The van der Waals surface area contributed by atoms with E-state index in [1.165, 1.54) is 0 Å². The zero-order chi connectivity index (χ0) is 20.1. The van der Waals surface area contributed by atoms with Gasteiger partial charge in [0.1, 0.15) is 0 Å². The number of aliphatic hydroxyl groups excluding tert-OH is 1. The van der Waals surface area contributed by atoms with E-state index in [-0.39, 0.29) is 12.5 Å². The lowest BCUT2D eigenvalue weighted by Crippen LogP contribution is -2.26. The Bertz CT molecular complexity index is 1120. The van der Waals surface area contributed by atoms with Crippen LogP contribution in [0.3, 0.4) is 0 Å². The van der Waals surface area contributed by atoms with Crippen LogP contribution in [0.2, 0.25) is 0 Å². The van der Waals surface area contributed by atoms with E-state index < -0.39 is 0 Å². The summed E-state index contributed by atoms with van der Waals surface area (Å²) >= 11 is 0. The highest BCUT2D eigenvalue weighted by molar-refractivity contribution is 6.00. The standard InChI is InChI=1S/C24H23N3O2/c28-16-17-10-11-22-21(14-17)18(15-26-22)12-13-25-24(29)20-8-4-5-9-23(20)27-19-6-2-1-3-7-19/h1-11,14-15,26-28H,12-13,16H2,(H,25,29). The molecule has 0 atom stereocenters. The van der Waals surface area contributed by atoms with Gasteiger partial charge >= 0.3 is 0 Å². The van der Waals surface area contributed by atoms with Gasteiger partial charge in [0.05, 0.1) is 17.9 Å². The number of hydrogen-bond acceptors (Lipinski definition) is 3. The molecule has 5 heteroatoms. The summed E-state index contributed by atoms with van der Waals surface area (Å²) in [5.41, 5.74) is 5.34. The Morgan fingerprint density at radius 2 is 1.76 bits per heavy atom. The molecule has 0 fully saturated rings. The van der Waals surface area contributed by atoms with Crippen molar-refractivity contribution in [2.45, 2.75) is 13.0 Å². The number of carbonyl (C=O) groups excluding carboxylic acids is 1. The number of amides is 1. The van der Waals surface area contributed by atoms with Gasteiger partial charge in [0.2, 0.25) is 0 Å². The molecule has 1 aromatic heterocycles. The fraction of sp³-hybridized carbons (Fsp3) is 0.125. The maximum Gasteiger partial charge on any atom is 0.253 e. The van der Waals surface area contributed by atoms with Crippen molar-refractivity contribution in [3.63, 3.8) is 0 Å². The molecule has 29 heavy (non-hydrogen) atoms. The van der Waals surface area contributed by atoms with E-state index in [0.29, 0.717) is 18.5 Å². The van der Waals surface area contributed by atoms with E-state index >= 15 is 0 Å². The molecular formula is C24H23N3O2. The first-order valence-electron chi connectivity index (χ1n) is 9.63. The molecule has 0 saturated carbocycles. The third-order valence-electron chi connectivity index (χ3n) is 4.92. The van der Waals surface area contributed by atoms with Gasteiger partial charge in [0.15, 0.2) is 0 Å². The van der Waals surface area contributed by atoms with Gasteiger partial charge in [-0.2, -0.15) is 0 Å². The van der Waals surface area contributed by atoms with Crippen LogP contribution in [-0.2, 0) is 13.0 Å². The van der Waals surface area contributed by atoms with Crippen LogP contribution in [-0.4, -0.2) is 22.5 Å². The molecule has 4 aromatic rings. The molecule has 0 saturated heterocycles. The molecule has 146 valence electrons. The normalized spacial score (nSPS) is 10.8. The molecule has 5 nitrogen and oxygen atoms in total. The molecule has 0 bridgehead atoms. The summed E-state index contributed by atoms with van der Waals surface area (Å²) in [5, 5.41) is 16.8. The minimum atomic E-state index is -0.111. The largest absolute Gasteiger partial charge is 0.392 e. The molecule has 1 heterocycles. The first kappa shape index (κ1) is 18.8. The topological polar surface area (TPSA) is 77.2 Å². The number of hydrogen-bond donors (Lipinski definition) is 4. The predicted octanol–water partition coefficient (Wildman–Crippen LogP) is 4.38. The Balaban J connectivity index is 1.43. The minimum absolute atomic E-state index is 0.0164. The molecule has 4 N–H and O–H groups in total. The van der Waals surface area contributed by atoms with Crippen molar-refractivity contribution in [2.75, 3.05) is 11.9 Å². The van der Waals surface area contributed by atoms with Gasteiger partial charge in [0, 0.05) is 29.3 Å².